The summed E-state index contributed by atoms with van der Waals surface area (Å²) in [6.45, 7) is 14.7. The van der Waals surface area contributed by atoms with Crippen molar-refractivity contribution in [1.29, 1.82) is 0 Å². The molecule has 108 valence electrons. The van der Waals surface area contributed by atoms with Crippen molar-refractivity contribution >= 4 is 0 Å². The topological polar surface area (TPSA) is 52.7 Å². The standard InChI is InChI=1S/C14H31N3O/c1-13(2,3)17-10-8-16(9-11-17)7-5-6-14(4,18)12-15/h18H,5-12,15H2,1-4H3. The first-order chi connectivity index (χ1) is 8.24. The zero-order valence-electron chi connectivity index (χ0n) is 12.6. The van der Waals surface area contributed by atoms with Gasteiger partial charge >= 0.3 is 0 Å². The highest BCUT2D eigenvalue weighted by Gasteiger charge is 2.26. The molecule has 1 aliphatic heterocycles. The first-order valence-electron chi connectivity index (χ1n) is 7.14. The first kappa shape index (κ1) is 15.9. The third-order valence-corrected chi connectivity index (χ3v) is 3.95. The lowest BCUT2D eigenvalue weighted by Crippen LogP contribution is -2.53. The number of rotatable bonds is 5. The van der Waals surface area contributed by atoms with Crippen molar-refractivity contribution in [3.8, 4) is 0 Å². The van der Waals surface area contributed by atoms with E-state index < -0.39 is 5.60 Å². The molecule has 0 spiro atoms. The molecule has 0 aromatic rings. The molecule has 1 aliphatic rings. The zero-order chi connectivity index (χ0) is 13.8. The SMILES string of the molecule is CC(O)(CN)CCCN1CCN(C(C)(C)C)CC1. The molecule has 0 aromatic heterocycles. The van der Waals surface area contributed by atoms with E-state index in [-0.39, 0.29) is 5.54 Å². The quantitative estimate of drug-likeness (QED) is 0.768. The van der Waals surface area contributed by atoms with Gasteiger partial charge in [0.2, 0.25) is 0 Å². The zero-order valence-corrected chi connectivity index (χ0v) is 12.6. The van der Waals surface area contributed by atoms with Gasteiger partial charge in [0.15, 0.2) is 0 Å². The van der Waals surface area contributed by atoms with Gasteiger partial charge in [-0.3, -0.25) is 4.90 Å². The Kier molecular flexibility index (Phi) is 5.59. The van der Waals surface area contributed by atoms with Crippen LogP contribution in [0, 0.1) is 0 Å². The van der Waals surface area contributed by atoms with Crippen molar-refractivity contribution in [2.45, 2.75) is 51.7 Å². The van der Waals surface area contributed by atoms with Gasteiger partial charge in [0.05, 0.1) is 5.60 Å². The van der Waals surface area contributed by atoms with Crippen LogP contribution < -0.4 is 5.73 Å². The van der Waals surface area contributed by atoms with Crippen molar-refractivity contribution in [2.75, 3.05) is 39.3 Å². The van der Waals surface area contributed by atoms with Crippen LogP contribution in [0.4, 0.5) is 0 Å². The van der Waals surface area contributed by atoms with Crippen LogP contribution in [0.2, 0.25) is 0 Å². The summed E-state index contributed by atoms with van der Waals surface area (Å²) in [6, 6.07) is 0. The third-order valence-electron chi connectivity index (χ3n) is 3.95. The molecule has 1 heterocycles. The molecular weight excluding hydrogens is 226 g/mol. The van der Waals surface area contributed by atoms with E-state index in [2.05, 4.69) is 30.6 Å². The molecule has 4 nitrogen and oxygen atoms in total. The lowest BCUT2D eigenvalue weighted by Gasteiger charge is -2.42. The Morgan fingerprint density at radius 1 is 1.06 bits per heavy atom. The van der Waals surface area contributed by atoms with Gasteiger partial charge in [-0.05, 0) is 47.1 Å². The Bertz CT molecular complexity index is 240. The molecule has 4 heteroatoms. The van der Waals surface area contributed by atoms with Gasteiger partial charge in [-0.15, -0.1) is 0 Å². The van der Waals surface area contributed by atoms with E-state index in [1.165, 1.54) is 0 Å². The van der Waals surface area contributed by atoms with E-state index in [1.54, 1.807) is 0 Å². The van der Waals surface area contributed by atoms with Crippen LogP contribution in [-0.4, -0.2) is 65.3 Å². The Hall–Kier alpha value is -0.160. The van der Waals surface area contributed by atoms with E-state index >= 15 is 0 Å². The molecule has 1 unspecified atom stereocenters. The smallest absolute Gasteiger partial charge is 0.0741 e. The lowest BCUT2D eigenvalue weighted by molar-refractivity contribution is 0.0417. The molecule has 0 aromatic carbocycles. The molecule has 1 rings (SSSR count). The van der Waals surface area contributed by atoms with Crippen LogP contribution >= 0.6 is 0 Å². The minimum atomic E-state index is -0.687. The fourth-order valence-electron chi connectivity index (χ4n) is 2.43. The average molecular weight is 257 g/mol. The van der Waals surface area contributed by atoms with Crippen molar-refractivity contribution in [2.24, 2.45) is 5.73 Å². The summed E-state index contributed by atoms with van der Waals surface area (Å²) >= 11 is 0. The number of nitrogens with two attached hydrogens (primary N) is 1. The minimum absolute atomic E-state index is 0.287. The summed E-state index contributed by atoms with van der Waals surface area (Å²) in [5, 5.41) is 9.85. The van der Waals surface area contributed by atoms with Crippen LogP contribution in [0.3, 0.4) is 0 Å². The Labute approximate surface area is 112 Å². The van der Waals surface area contributed by atoms with Gasteiger partial charge in [0.25, 0.3) is 0 Å². The average Bonchev–Trinajstić information content (AvgIpc) is 2.28. The molecule has 18 heavy (non-hydrogen) atoms. The highest BCUT2D eigenvalue weighted by Crippen LogP contribution is 2.16. The fourth-order valence-corrected chi connectivity index (χ4v) is 2.43. The van der Waals surface area contributed by atoms with E-state index in [4.69, 9.17) is 5.73 Å². The summed E-state index contributed by atoms with van der Waals surface area (Å²) in [4.78, 5) is 5.04. The predicted octanol–water partition coefficient (Wildman–Crippen LogP) is 0.892. The van der Waals surface area contributed by atoms with E-state index in [1.807, 2.05) is 6.92 Å². The van der Waals surface area contributed by atoms with Gasteiger partial charge in [-0.25, -0.2) is 0 Å². The van der Waals surface area contributed by atoms with E-state index in [0.717, 1.165) is 45.6 Å². The number of nitrogens with zero attached hydrogens (tertiary/aromatic N) is 2. The normalized spacial score (nSPS) is 23.0. The van der Waals surface area contributed by atoms with Crippen LogP contribution in [-0.2, 0) is 0 Å². The number of hydrogen-bond donors (Lipinski definition) is 2. The second-order valence-electron chi connectivity index (χ2n) is 6.80. The van der Waals surface area contributed by atoms with Crippen LogP contribution in [0.5, 0.6) is 0 Å². The van der Waals surface area contributed by atoms with Gasteiger partial charge in [0, 0.05) is 38.3 Å². The molecule has 1 atom stereocenters. The van der Waals surface area contributed by atoms with Crippen LogP contribution in [0.15, 0.2) is 0 Å². The van der Waals surface area contributed by atoms with Gasteiger partial charge in [-0.1, -0.05) is 0 Å². The molecule has 0 bridgehead atoms. The summed E-state index contributed by atoms with van der Waals surface area (Å²) < 4.78 is 0. The fraction of sp³-hybridized carbons (Fsp3) is 1.00. The highest BCUT2D eigenvalue weighted by molar-refractivity contribution is 4.82. The molecule has 3 N–H and O–H groups in total. The molecule has 0 saturated carbocycles. The van der Waals surface area contributed by atoms with Crippen molar-refractivity contribution in [3.05, 3.63) is 0 Å². The minimum Gasteiger partial charge on any atom is -0.389 e. The number of aliphatic hydroxyl groups is 1. The van der Waals surface area contributed by atoms with Crippen molar-refractivity contribution < 1.29 is 5.11 Å². The largest absolute Gasteiger partial charge is 0.389 e. The monoisotopic (exact) mass is 257 g/mol. The molecule has 0 radical (unpaired) electrons. The highest BCUT2D eigenvalue weighted by atomic mass is 16.3. The number of piperazine rings is 1. The molecule has 1 saturated heterocycles. The van der Waals surface area contributed by atoms with Crippen molar-refractivity contribution in [1.82, 2.24) is 9.80 Å². The summed E-state index contributed by atoms with van der Waals surface area (Å²) in [6.07, 6.45) is 1.82. The maximum absolute atomic E-state index is 9.85. The van der Waals surface area contributed by atoms with Crippen LogP contribution in [0.1, 0.15) is 40.5 Å². The third kappa shape index (κ3) is 5.22. The lowest BCUT2D eigenvalue weighted by atomic mass is 10.00. The van der Waals surface area contributed by atoms with E-state index in [9.17, 15) is 5.11 Å². The molecule has 1 fully saturated rings. The molecule has 0 amide bonds. The maximum Gasteiger partial charge on any atom is 0.0741 e. The Balaban J connectivity index is 2.20. The first-order valence-corrected chi connectivity index (χ1v) is 7.14. The second kappa shape index (κ2) is 6.33. The van der Waals surface area contributed by atoms with Gasteiger partial charge in [0.1, 0.15) is 0 Å². The maximum atomic E-state index is 9.85. The summed E-state index contributed by atoms with van der Waals surface area (Å²) in [5.74, 6) is 0. The van der Waals surface area contributed by atoms with Crippen molar-refractivity contribution in [3.63, 3.8) is 0 Å². The van der Waals surface area contributed by atoms with Gasteiger partial charge in [-0.2, -0.15) is 0 Å². The van der Waals surface area contributed by atoms with Crippen LogP contribution in [0.25, 0.3) is 0 Å². The molecular formula is C14H31N3O. The van der Waals surface area contributed by atoms with Gasteiger partial charge < -0.3 is 15.7 Å². The number of hydrogen-bond acceptors (Lipinski definition) is 4. The second-order valence-corrected chi connectivity index (χ2v) is 6.80. The summed E-state index contributed by atoms with van der Waals surface area (Å²) in [7, 11) is 0. The Morgan fingerprint density at radius 3 is 2.06 bits per heavy atom. The summed E-state index contributed by atoms with van der Waals surface area (Å²) in [5.41, 5.74) is 5.12. The predicted molar refractivity (Wildman–Crippen MR) is 76.7 cm³/mol. The Morgan fingerprint density at radius 2 is 1.61 bits per heavy atom. The van der Waals surface area contributed by atoms with E-state index in [0.29, 0.717) is 6.54 Å². The molecule has 0 aliphatic carbocycles.